The summed E-state index contributed by atoms with van der Waals surface area (Å²) in [4.78, 5) is 4.92. The minimum absolute atomic E-state index is 0.123. The zero-order valence-electron chi connectivity index (χ0n) is 16.8. The lowest BCUT2D eigenvalue weighted by Crippen LogP contribution is -2.33. The number of para-hydroxylation sites is 1. The van der Waals surface area contributed by atoms with Crippen molar-refractivity contribution in [3.63, 3.8) is 0 Å². The fourth-order valence-corrected chi connectivity index (χ4v) is 4.33. The summed E-state index contributed by atoms with van der Waals surface area (Å²) in [5.41, 5.74) is 3.47. The molecular formula is C24H21Br2FN2O2. The second-order valence-corrected chi connectivity index (χ2v) is 8.98. The highest BCUT2D eigenvalue weighted by Crippen LogP contribution is 2.39. The number of benzene rings is 3. The fourth-order valence-electron chi connectivity index (χ4n) is 3.67. The minimum atomic E-state index is -0.399. The Morgan fingerprint density at radius 2 is 1.90 bits per heavy atom. The van der Waals surface area contributed by atoms with Crippen molar-refractivity contribution >= 4 is 37.6 Å². The number of halogens is 3. The third kappa shape index (κ3) is 4.84. The number of aromatic hydroxyl groups is 1. The van der Waals surface area contributed by atoms with Crippen LogP contribution >= 0.6 is 31.9 Å². The Bertz CT molecular complexity index is 1120. The van der Waals surface area contributed by atoms with Crippen molar-refractivity contribution in [2.75, 3.05) is 6.61 Å². The number of ether oxygens (including phenoxy) is 1. The van der Waals surface area contributed by atoms with Crippen LogP contribution in [0.4, 0.5) is 4.39 Å². The molecule has 1 heterocycles. The smallest absolute Gasteiger partial charge is 0.162 e. The van der Waals surface area contributed by atoms with Crippen LogP contribution in [0.15, 0.2) is 74.6 Å². The van der Waals surface area contributed by atoms with Gasteiger partial charge in [0.2, 0.25) is 0 Å². The van der Waals surface area contributed by atoms with Gasteiger partial charge in [-0.15, -0.1) is 0 Å². The number of rotatable bonds is 5. The first-order chi connectivity index (χ1) is 15.0. The van der Waals surface area contributed by atoms with Crippen LogP contribution in [-0.4, -0.2) is 17.4 Å². The average Bonchev–Trinajstić information content (AvgIpc) is 2.77. The van der Waals surface area contributed by atoms with E-state index in [9.17, 15) is 9.50 Å². The maximum absolute atomic E-state index is 13.8. The molecule has 0 saturated heterocycles. The summed E-state index contributed by atoms with van der Waals surface area (Å²) in [6.07, 6.45) is 0.188. The molecule has 0 aromatic heterocycles. The molecular weight excluding hydrogens is 527 g/mol. The van der Waals surface area contributed by atoms with Crippen molar-refractivity contribution in [2.45, 2.75) is 25.6 Å². The molecule has 4 rings (SSSR count). The number of phenols is 1. The van der Waals surface area contributed by atoms with E-state index >= 15 is 0 Å². The van der Waals surface area contributed by atoms with Crippen molar-refractivity contribution in [3.05, 3.63) is 92.1 Å². The zero-order valence-corrected chi connectivity index (χ0v) is 20.0. The topological polar surface area (TPSA) is 53.8 Å². The standard InChI is InChI=1S/C24H21Br2FN2O2/c1-2-31-22-5-3-4-17(23(22)30)21-13-20(14-6-9-16(25)10-7-14)28-24(29-21)15-8-11-19(27)18(26)12-15/h3-12,21,24,29-30H,2,13H2,1H3/t21-,24+/m0/s1. The van der Waals surface area contributed by atoms with E-state index in [1.165, 1.54) is 6.07 Å². The lowest BCUT2D eigenvalue weighted by atomic mass is 9.93. The van der Waals surface area contributed by atoms with Gasteiger partial charge in [-0.2, -0.15) is 0 Å². The van der Waals surface area contributed by atoms with Gasteiger partial charge in [-0.25, -0.2) is 4.39 Å². The lowest BCUT2D eigenvalue weighted by Gasteiger charge is -2.31. The second kappa shape index (κ2) is 9.51. The Hall–Kier alpha value is -2.22. The van der Waals surface area contributed by atoms with Gasteiger partial charge in [0.25, 0.3) is 0 Å². The third-order valence-electron chi connectivity index (χ3n) is 5.18. The van der Waals surface area contributed by atoms with Crippen LogP contribution in [0.2, 0.25) is 0 Å². The van der Waals surface area contributed by atoms with Crippen molar-refractivity contribution in [1.82, 2.24) is 5.32 Å². The number of nitrogens with one attached hydrogen (secondary N) is 1. The average molecular weight is 548 g/mol. The molecule has 31 heavy (non-hydrogen) atoms. The van der Waals surface area contributed by atoms with Gasteiger partial charge in [0.05, 0.1) is 11.1 Å². The summed E-state index contributed by atoms with van der Waals surface area (Å²) in [5.74, 6) is 0.254. The van der Waals surface area contributed by atoms with E-state index < -0.39 is 6.17 Å². The van der Waals surface area contributed by atoms with Gasteiger partial charge in [-0.1, -0.05) is 46.3 Å². The molecule has 0 radical (unpaired) electrons. The van der Waals surface area contributed by atoms with Crippen LogP contribution < -0.4 is 10.1 Å². The summed E-state index contributed by atoms with van der Waals surface area (Å²) in [6, 6.07) is 18.2. The molecule has 3 aromatic carbocycles. The molecule has 0 amide bonds. The maximum atomic E-state index is 13.8. The quantitative estimate of drug-likeness (QED) is 0.374. The first kappa shape index (κ1) is 22.0. The number of hydrogen-bond acceptors (Lipinski definition) is 4. The van der Waals surface area contributed by atoms with E-state index in [0.717, 1.165) is 26.9 Å². The molecule has 0 fully saturated rings. The molecule has 0 saturated carbocycles. The van der Waals surface area contributed by atoms with Gasteiger partial charge < -0.3 is 9.84 Å². The number of aliphatic imine (C=N–C) groups is 1. The molecule has 0 unspecified atom stereocenters. The highest BCUT2D eigenvalue weighted by Gasteiger charge is 2.29. The summed E-state index contributed by atoms with van der Waals surface area (Å²) in [6.45, 7) is 2.35. The van der Waals surface area contributed by atoms with Gasteiger partial charge in [0, 0.05) is 28.2 Å². The van der Waals surface area contributed by atoms with E-state index in [-0.39, 0.29) is 17.6 Å². The second-order valence-electron chi connectivity index (χ2n) is 7.21. The molecule has 0 spiro atoms. The molecule has 2 atom stereocenters. The van der Waals surface area contributed by atoms with Crippen LogP contribution in [0.3, 0.4) is 0 Å². The number of nitrogens with zero attached hydrogens (tertiary/aromatic N) is 1. The summed E-state index contributed by atoms with van der Waals surface area (Å²) < 4.78 is 20.7. The van der Waals surface area contributed by atoms with E-state index in [4.69, 9.17) is 9.73 Å². The predicted molar refractivity (Wildman–Crippen MR) is 127 cm³/mol. The van der Waals surface area contributed by atoms with Gasteiger partial charge in [-0.3, -0.25) is 10.3 Å². The van der Waals surface area contributed by atoms with Gasteiger partial charge in [0.1, 0.15) is 12.0 Å². The van der Waals surface area contributed by atoms with Crippen LogP contribution in [0, 0.1) is 5.82 Å². The first-order valence-electron chi connectivity index (χ1n) is 9.94. The van der Waals surface area contributed by atoms with Crippen LogP contribution in [0.25, 0.3) is 0 Å². The van der Waals surface area contributed by atoms with Crippen molar-refractivity contribution in [1.29, 1.82) is 0 Å². The molecule has 7 heteroatoms. The Kier molecular flexibility index (Phi) is 6.74. The summed E-state index contributed by atoms with van der Waals surface area (Å²) in [5, 5.41) is 14.3. The molecule has 4 nitrogen and oxygen atoms in total. The van der Waals surface area contributed by atoms with E-state index in [0.29, 0.717) is 23.2 Å². The van der Waals surface area contributed by atoms with E-state index in [1.807, 2.05) is 43.3 Å². The van der Waals surface area contributed by atoms with Gasteiger partial charge in [-0.05, 0) is 64.3 Å². The molecule has 1 aliphatic heterocycles. The van der Waals surface area contributed by atoms with Gasteiger partial charge in [0.15, 0.2) is 11.5 Å². The normalized spacial score (nSPS) is 18.5. The monoisotopic (exact) mass is 546 g/mol. The summed E-state index contributed by atoms with van der Waals surface area (Å²) >= 11 is 6.74. The van der Waals surface area contributed by atoms with Crippen molar-refractivity contribution in [3.8, 4) is 11.5 Å². The van der Waals surface area contributed by atoms with E-state index in [2.05, 4.69) is 37.2 Å². The number of hydrogen-bond donors (Lipinski definition) is 2. The lowest BCUT2D eigenvalue weighted by molar-refractivity contribution is 0.313. The van der Waals surface area contributed by atoms with Crippen molar-refractivity contribution in [2.24, 2.45) is 4.99 Å². The Morgan fingerprint density at radius 3 is 2.61 bits per heavy atom. The highest BCUT2D eigenvalue weighted by molar-refractivity contribution is 9.10. The third-order valence-corrected chi connectivity index (χ3v) is 6.32. The molecule has 160 valence electrons. The molecule has 0 bridgehead atoms. The minimum Gasteiger partial charge on any atom is -0.504 e. The Balaban J connectivity index is 1.76. The Morgan fingerprint density at radius 1 is 1.13 bits per heavy atom. The molecule has 3 aromatic rings. The summed E-state index contributed by atoms with van der Waals surface area (Å²) in [7, 11) is 0. The van der Waals surface area contributed by atoms with Crippen LogP contribution in [0.1, 0.15) is 42.2 Å². The SMILES string of the molecule is CCOc1cccc([C@@H]2CC(c3ccc(Br)cc3)=N[C@@H](c3ccc(F)c(Br)c3)N2)c1O. The van der Waals surface area contributed by atoms with E-state index in [1.54, 1.807) is 18.2 Å². The fraction of sp³-hybridized carbons (Fsp3) is 0.208. The largest absolute Gasteiger partial charge is 0.504 e. The zero-order chi connectivity index (χ0) is 22.0. The highest BCUT2D eigenvalue weighted by atomic mass is 79.9. The Labute approximate surface area is 197 Å². The number of phenolic OH excluding ortho intramolecular Hbond substituents is 1. The first-order valence-corrected chi connectivity index (χ1v) is 11.5. The maximum Gasteiger partial charge on any atom is 0.162 e. The molecule has 0 aliphatic carbocycles. The molecule has 1 aliphatic rings. The van der Waals surface area contributed by atoms with Crippen LogP contribution in [0.5, 0.6) is 11.5 Å². The van der Waals surface area contributed by atoms with Crippen molar-refractivity contribution < 1.29 is 14.2 Å². The predicted octanol–water partition coefficient (Wildman–Crippen LogP) is 6.68. The molecule has 2 N–H and O–H groups in total. The van der Waals surface area contributed by atoms with Gasteiger partial charge >= 0.3 is 0 Å². The van der Waals surface area contributed by atoms with Crippen LogP contribution in [-0.2, 0) is 0 Å².